The molecule has 0 amide bonds. The number of nitrogens with zero attached hydrogens (tertiary/aromatic N) is 2. The highest BCUT2D eigenvalue weighted by Gasteiger charge is 2.60. The van der Waals surface area contributed by atoms with E-state index in [2.05, 4.69) is 15.0 Å². The molecule has 0 saturated carbocycles. The van der Waals surface area contributed by atoms with Crippen molar-refractivity contribution < 1.29 is 24.8 Å². The van der Waals surface area contributed by atoms with E-state index < -0.39 is 42.3 Å². The number of nitrogens with two attached hydrogens (primary N) is 1. The Labute approximate surface area is 146 Å². The van der Waals surface area contributed by atoms with E-state index in [1.54, 1.807) is 0 Å². The first-order valence-corrected chi connectivity index (χ1v) is 7.86. The van der Waals surface area contributed by atoms with E-state index in [4.69, 9.17) is 27.4 Å². The molecule has 0 bridgehead atoms. The summed E-state index contributed by atoms with van der Waals surface area (Å²) in [4.78, 5) is 21.1. The molecule has 1 unspecified atom stereocenters. The van der Waals surface area contributed by atoms with Gasteiger partial charge < -0.3 is 35.5 Å². The van der Waals surface area contributed by atoms with Gasteiger partial charge in [0.15, 0.2) is 27.8 Å². The summed E-state index contributed by atoms with van der Waals surface area (Å²) >= 11 is 5.23. The average Bonchev–Trinajstić information content (AvgIpc) is 3.02. The van der Waals surface area contributed by atoms with Gasteiger partial charge in [-0.3, -0.25) is 14.3 Å². The number of rotatable bonds is 4. The second-order valence-electron chi connectivity index (χ2n) is 5.87. The molecule has 0 aliphatic carbocycles. The summed E-state index contributed by atoms with van der Waals surface area (Å²) < 4.78 is 12.1. The molecule has 138 valence electrons. The summed E-state index contributed by atoms with van der Waals surface area (Å²) in [6.07, 6.45) is -4.72. The molecule has 1 aliphatic heterocycles. The lowest BCUT2D eigenvalue weighted by atomic mass is 9.88. The van der Waals surface area contributed by atoms with E-state index in [0.29, 0.717) is 0 Å². The molecule has 11 nitrogen and oxygen atoms in total. The summed E-state index contributed by atoms with van der Waals surface area (Å²) in [5.74, 6) is -0.152. The molecule has 7 N–H and O–H groups in total. The summed E-state index contributed by atoms with van der Waals surface area (Å²) in [6, 6.07) is 0. The van der Waals surface area contributed by atoms with Crippen LogP contribution in [0.15, 0.2) is 4.79 Å². The minimum Gasteiger partial charge on any atom is -0.394 e. The molecule has 0 aromatic carbocycles. The highest BCUT2D eigenvalue weighted by molar-refractivity contribution is 7.71. The van der Waals surface area contributed by atoms with Gasteiger partial charge in [0.25, 0.3) is 5.56 Å². The second-order valence-corrected chi connectivity index (χ2v) is 6.26. The summed E-state index contributed by atoms with van der Waals surface area (Å²) in [5.41, 5.74) is 3.16. The molecule has 3 rings (SSSR count). The standard InChI is InChI=1S/C13H19N5O6S/c1-4(23-2)13(22)7(20)5(3-19)24-10(13)18-8-6(15-12(18)25)9(21)17-11(14)16-8/h4-5,7,10,19-20,22H,3H2,1-2H3,(H,15,25)(H3,14,16,17,21)/t4?,5-,7-,10-,13-/m1/s1. The van der Waals surface area contributed by atoms with Crippen LogP contribution >= 0.6 is 12.2 Å². The lowest BCUT2D eigenvalue weighted by Crippen LogP contribution is -2.55. The highest BCUT2D eigenvalue weighted by atomic mass is 32.1. The molecule has 12 heteroatoms. The van der Waals surface area contributed by atoms with Crippen molar-refractivity contribution in [3.05, 3.63) is 15.1 Å². The van der Waals surface area contributed by atoms with Crippen LogP contribution in [0, 0.1) is 4.77 Å². The predicted octanol–water partition coefficient (Wildman–Crippen LogP) is -1.62. The third-order valence-corrected chi connectivity index (χ3v) is 4.84. The molecule has 2 aromatic heterocycles. The first kappa shape index (κ1) is 18.0. The minimum absolute atomic E-state index is 0.0242. The summed E-state index contributed by atoms with van der Waals surface area (Å²) in [7, 11) is 1.36. The Bertz CT molecular complexity index is 908. The maximum atomic E-state index is 12.0. The predicted molar refractivity (Wildman–Crippen MR) is 88.4 cm³/mol. The Morgan fingerprint density at radius 2 is 2.24 bits per heavy atom. The van der Waals surface area contributed by atoms with Crippen LogP contribution in [-0.4, -0.2) is 72.5 Å². The van der Waals surface area contributed by atoms with Crippen molar-refractivity contribution in [2.75, 3.05) is 19.5 Å². The summed E-state index contributed by atoms with van der Waals surface area (Å²) in [5, 5.41) is 31.1. The van der Waals surface area contributed by atoms with Gasteiger partial charge in [0, 0.05) is 7.11 Å². The van der Waals surface area contributed by atoms with E-state index in [-0.39, 0.29) is 21.9 Å². The Hall–Kier alpha value is -1.83. The molecule has 1 aliphatic rings. The number of nitrogens with one attached hydrogen (secondary N) is 2. The fourth-order valence-corrected chi connectivity index (χ4v) is 3.36. The van der Waals surface area contributed by atoms with Crippen molar-refractivity contribution in [2.24, 2.45) is 0 Å². The number of methoxy groups -OCH3 is 1. The van der Waals surface area contributed by atoms with Gasteiger partial charge >= 0.3 is 0 Å². The lowest BCUT2D eigenvalue weighted by Gasteiger charge is -2.35. The zero-order valence-corrected chi connectivity index (χ0v) is 14.3. The number of fused-ring (bicyclic) bond motifs is 1. The minimum atomic E-state index is -1.96. The van der Waals surface area contributed by atoms with Gasteiger partial charge in [-0.15, -0.1) is 0 Å². The average molecular weight is 373 g/mol. The quantitative estimate of drug-likeness (QED) is 0.344. The smallest absolute Gasteiger partial charge is 0.278 e. The van der Waals surface area contributed by atoms with Crippen molar-refractivity contribution in [1.29, 1.82) is 0 Å². The Morgan fingerprint density at radius 3 is 2.84 bits per heavy atom. The number of aliphatic hydroxyl groups is 3. The monoisotopic (exact) mass is 373 g/mol. The first-order valence-electron chi connectivity index (χ1n) is 7.45. The first-order chi connectivity index (χ1) is 11.7. The molecular formula is C13H19N5O6S. The number of anilines is 1. The Balaban J connectivity index is 2.27. The van der Waals surface area contributed by atoms with Gasteiger partial charge in [-0.25, -0.2) is 0 Å². The topological polar surface area (TPSA) is 172 Å². The third-order valence-electron chi connectivity index (χ3n) is 4.54. The number of H-pyrrole nitrogens is 2. The summed E-state index contributed by atoms with van der Waals surface area (Å²) in [6.45, 7) is 0.995. The van der Waals surface area contributed by atoms with Crippen LogP contribution in [0.2, 0.25) is 0 Å². The van der Waals surface area contributed by atoms with Crippen LogP contribution in [0.5, 0.6) is 0 Å². The van der Waals surface area contributed by atoms with Gasteiger partial charge in [0.1, 0.15) is 12.2 Å². The highest BCUT2D eigenvalue weighted by Crippen LogP contribution is 2.42. The van der Waals surface area contributed by atoms with Crippen LogP contribution in [0.4, 0.5) is 5.95 Å². The van der Waals surface area contributed by atoms with Gasteiger partial charge in [0.2, 0.25) is 5.95 Å². The number of nitrogen functional groups attached to an aromatic ring is 1. The van der Waals surface area contributed by atoms with Crippen LogP contribution in [0.25, 0.3) is 11.2 Å². The number of aliphatic hydroxyl groups excluding tert-OH is 2. The number of ether oxygens (including phenoxy) is 2. The van der Waals surface area contributed by atoms with E-state index in [9.17, 15) is 20.1 Å². The van der Waals surface area contributed by atoms with E-state index in [0.717, 1.165) is 0 Å². The number of aromatic nitrogens is 4. The van der Waals surface area contributed by atoms with E-state index in [1.807, 2.05) is 0 Å². The molecule has 25 heavy (non-hydrogen) atoms. The molecule has 3 heterocycles. The number of aromatic amines is 2. The molecular weight excluding hydrogens is 354 g/mol. The van der Waals surface area contributed by atoms with Crippen molar-refractivity contribution in [3.8, 4) is 0 Å². The van der Waals surface area contributed by atoms with Gasteiger partial charge in [-0.2, -0.15) is 4.98 Å². The molecule has 0 spiro atoms. The largest absolute Gasteiger partial charge is 0.394 e. The van der Waals surface area contributed by atoms with Crippen molar-refractivity contribution in [3.63, 3.8) is 0 Å². The molecule has 0 radical (unpaired) electrons. The Kier molecular flexibility index (Phi) is 4.43. The van der Waals surface area contributed by atoms with Crippen LogP contribution in [-0.2, 0) is 9.47 Å². The van der Waals surface area contributed by atoms with Gasteiger partial charge in [-0.05, 0) is 19.1 Å². The van der Waals surface area contributed by atoms with Crippen LogP contribution in [0.3, 0.4) is 0 Å². The van der Waals surface area contributed by atoms with Crippen LogP contribution < -0.4 is 11.3 Å². The van der Waals surface area contributed by atoms with Crippen molar-refractivity contribution in [1.82, 2.24) is 19.5 Å². The fourth-order valence-electron chi connectivity index (χ4n) is 3.08. The molecule has 1 fully saturated rings. The zero-order chi connectivity index (χ0) is 18.5. The SMILES string of the molecule is COC(C)[C@@]1(O)[C@H](O)[C@@H](CO)O[C@H]1n1c(=S)[nH]c2c(=O)[nH]c(N)nc21. The molecule has 2 aromatic rings. The number of hydrogen-bond acceptors (Lipinski definition) is 9. The van der Waals surface area contributed by atoms with Gasteiger partial charge in [-0.1, -0.05) is 0 Å². The normalized spacial score (nSPS) is 30.8. The van der Waals surface area contributed by atoms with Crippen LogP contribution in [0.1, 0.15) is 13.2 Å². The Morgan fingerprint density at radius 1 is 1.56 bits per heavy atom. The second kappa shape index (κ2) is 6.16. The molecule has 5 atom stereocenters. The maximum Gasteiger partial charge on any atom is 0.278 e. The molecule has 1 saturated heterocycles. The third kappa shape index (κ3) is 2.49. The van der Waals surface area contributed by atoms with E-state index in [1.165, 1.54) is 18.6 Å². The van der Waals surface area contributed by atoms with E-state index >= 15 is 0 Å². The maximum absolute atomic E-state index is 12.0. The van der Waals surface area contributed by atoms with Crippen molar-refractivity contribution >= 4 is 29.3 Å². The number of hydrogen-bond donors (Lipinski definition) is 6. The van der Waals surface area contributed by atoms with Gasteiger partial charge in [0.05, 0.1) is 12.7 Å². The fraction of sp³-hybridized carbons (Fsp3) is 0.615. The zero-order valence-electron chi connectivity index (χ0n) is 13.5. The van der Waals surface area contributed by atoms with Crippen molar-refractivity contribution in [2.45, 2.75) is 37.1 Å². The lowest BCUT2D eigenvalue weighted by molar-refractivity contribution is -0.173. The number of imidazole rings is 1.